The van der Waals surface area contributed by atoms with Gasteiger partial charge in [-0.15, -0.1) is 0 Å². The molecule has 1 aromatic carbocycles. The number of hydrogen-bond acceptors (Lipinski definition) is 2. The highest BCUT2D eigenvalue weighted by molar-refractivity contribution is 6.35. The lowest BCUT2D eigenvalue weighted by atomic mass is 10.2. The number of nitrogens with zero attached hydrogens (tertiary/aromatic N) is 3. The Bertz CT molecular complexity index is 804. The van der Waals surface area contributed by atoms with Crippen LogP contribution >= 0.6 is 23.2 Å². The quantitative estimate of drug-likeness (QED) is 0.792. The van der Waals surface area contributed by atoms with E-state index in [0.717, 1.165) is 0 Å². The first-order valence-corrected chi connectivity index (χ1v) is 7.23. The van der Waals surface area contributed by atoms with E-state index in [2.05, 4.69) is 10.4 Å². The summed E-state index contributed by atoms with van der Waals surface area (Å²) in [7, 11) is 1.78. The molecule has 0 radical (unpaired) electrons. The maximum Gasteiger partial charge on any atom is 0.261 e. The lowest BCUT2D eigenvalue weighted by Crippen LogP contribution is -2.15. The Kier molecular flexibility index (Phi) is 3.92. The normalized spacial score (nSPS) is 10.7. The highest BCUT2D eigenvalue weighted by Crippen LogP contribution is 2.23. The molecule has 0 spiro atoms. The Morgan fingerprint density at radius 3 is 2.41 bits per heavy atom. The Morgan fingerprint density at radius 1 is 1.14 bits per heavy atom. The predicted molar refractivity (Wildman–Crippen MR) is 87.0 cm³/mol. The second-order valence-corrected chi connectivity index (χ2v) is 5.58. The molecule has 0 saturated heterocycles. The fraction of sp³-hybridized carbons (Fsp3) is 0.0667. The van der Waals surface area contributed by atoms with Crippen molar-refractivity contribution in [1.82, 2.24) is 14.3 Å². The van der Waals surface area contributed by atoms with Crippen LogP contribution in [-0.2, 0) is 7.05 Å². The molecule has 1 N–H and O–H groups in total. The lowest BCUT2D eigenvalue weighted by molar-refractivity contribution is 0.102. The van der Waals surface area contributed by atoms with Gasteiger partial charge in [0, 0.05) is 35.2 Å². The van der Waals surface area contributed by atoms with Crippen molar-refractivity contribution in [3.05, 3.63) is 64.5 Å². The van der Waals surface area contributed by atoms with Crippen LogP contribution in [-0.4, -0.2) is 20.3 Å². The number of benzene rings is 1. The molecule has 5 nitrogen and oxygen atoms in total. The van der Waals surface area contributed by atoms with E-state index in [4.69, 9.17) is 23.2 Å². The van der Waals surface area contributed by atoms with Crippen LogP contribution in [0.1, 0.15) is 10.4 Å². The molecule has 112 valence electrons. The van der Waals surface area contributed by atoms with Crippen LogP contribution in [0.5, 0.6) is 0 Å². The van der Waals surface area contributed by atoms with Crippen molar-refractivity contribution < 1.29 is 4.79 Å². The monoisotopic (exact) mass is 334 g/mol. The van der Waals surface area contributed by atoms with Gasteiger partial charge in [0.2, 0.25) is 0 Å². The molecule has 0 saturated carbocycles. The molecule has 22 heavy (non-hydrogen) atoms. The summed E-state index contributed by atoms with van der Waals surface area (Å²) in [5, 5.41) is 7.85. The van der Waals surface area contributed by atoms with Gasteiger partial charge in [-0.1, -0.05) is 23.2 Å². The van der Waals surface area contributed by atoms with Gasteiger partial charge in [-0.05, 0) is 30.3 Å². The minimum atomic E-state index is -0.282. The maximum absolute atomic E-state index is 12.5. The zero-order valence-electron chi connectivity index (χ0n) is 11.6. The number of aromatic nitrogens is 3. The molecule has 2 aromatic heterocycles. The van der Waals surface area contributed by atoms with Crippen molar-refractivity contribution in [1.29, 1.82) is 0 Å². The van der Waals surface area contributed by atoms with Crippen LogP contribution in [0, 0.1) is 0 Å². The van der Waals surface area contributed by atoms with Crippen LogP contribution in [0.4, 0.5) is 5.69 Å². The molecule has 7 heteroatoms. The summed E-state index contributed by atoms with van der Waals surface area (Å²) in [6.45, 7) is 0. The van der Waals surface area contributed by atoms with Crippen LogP contribution < -0.4 is 5.32 Å². The van der Waals surface area contributed by atoms with Gasteiger partial charge >= 0.3 is 0 Å². The molecular weight excluding hydrogens is 323 g/mol. The molecule has 0 atom stereocenters. The second-order valence-electron chi connectivity index (χ2n) is 4.71. The van der Waals surface area contributed by atoms with Crippen LogP contribution in [0.3, 0.4) is 0 Å². The van der Waals surface area contributed by atoms with Gasteiger partial charge in [-0.3, -0.25) is 9.48 Å². The minimum Gasteiger partial charge on any atom is -0.322 e. The molecule has 1 amide bonds. The summed E-state index contributed by atoms with van der Waals surface area (Å²) in [6, 6.07) is 8.64. The lowest BCUT2D eigenvalue weighted by Gasteiger charge is -2.09. The van der Waals surface area contributed by atoms with Gasteiger partial charge in [0.25, 0.3) is 5.91 Å². The van der Waals surface area contributed by atoms with Gasteiger partial charge in [0.15, 0.2) is 0 Å². The molecule has 3 rings (SSSR count). The van der Waals surface area contributed by atoms with Gasteiger partial charge in [-0.25, -0.2) is 0 Å². The van der Waals surface area contributed by atoms with Crippen molar-refractivity contribution >= 4 is 34.8 Å². The molecule has 3 aromatic rings. The number of anilines is 1. The van der Waals surface area contributed by atoms with E-state index in [1.54, 1.807) is 29.9 Å². The average Bonchev–Trinajstić information content (AvgIpc) is 3.05. The van der Waals surface area contributed by atoms with Crippen molar-refractivity contribution in [2.75, 3.05) is 5.32 Å². The van der Waals surface area contributed by atoms with E-state index in [-0.39, 0.29) is 5.91 Å². The summed E-state index contributed by atoms with van der Waals surface area (Å²) < 4.78 is 3.47. The number of aryl methyl sites for hydroxylation is 1. The fourth-order valence-corrected chi connectivity index (χ4v) is 2.72. The minimum absolute atomic E-state index is 0.282. The van der Waals surface area contributed by atoms with Crippen molar-refractivity contribution in [2.24, 2.45) is 7.05 Å². The van der Waals surface area contributed by atoms with E-state index >= 15 is 0 Å². The van der Waals surface area contributed by atoms with Crippen LogP contribution in [0.2, 0.25) is 10.0 Å². The highest BCUT2D eigenvalue weighted by atomic mass is 35.5. The molecule has 0 unspecified atom stereocenters. The third-order valence-corrected chi connectivity index (χ3v) is 3.56. The Hall–Kier alpha value is -2.24. The van der Waals surface area contributed by atoms with E-state index in [9.17, 15) is 4.79 Å². The standard InChI is InChI=1S/C15H12Cl2N4O/c1-20-15(21-4-2-3-5-21)13(9-18-20)14(22)19-12-7-10(16)6-11(17)8-12/h2-9H,1H3,(H,19,22). The number of nitrogens with one attached hydrogen (secondary N) is 1. The zero-order valence-corrected chi connectivity index (χ0v) is 13.1. The molecule has 2 heterocycles. The smallest absolute Gasteiger partial charge is 0.261 e. The summed E-state index contributed by atoms with van der Waals surface area (Å²) >= 11 is 11.9. The largest absolute Gasteiger partial charge is 0.322 e. The molecule has 0 aliphatic heterocycles. The third-order valence-electron chi connectivity index (χ3n) is 3.12. The summed E-state index contributed by atoms with van der Waals surface area (Å²) in [5.74, 6) is 0.394. The number of amides is 1. The summed E-state index contributed by atoms with van der Waals surface area (Å²) in [5.41, 5.74) is 0.986. The second kappa shape index (κ2) is 5.87. The van der Waals surface area contributed by atoms with Gasteiger partial charge < -0.3 is 9.88 Å². The Labute approximate surface area is 137 Å². The first kappa shape index (κ1) is 14.7. The van der Waals surface area contributed by atoms with E-state index < -0.39 is 0 Å². The predicted octanol–water partition coefficient (Wildman–Crippen LogP) is 3.77. The maximum atomic E-state index is 12.5. The first-order valence-electron chi connectivity index (χ1n) is 6.47. The number of hydrogen-bond donors (Lipinski definition) is 1. The molecular formula is C15H12Cl2N4O. The summed E-state index contributed by atoms with van der Waals surface area (Å²) in [6.07, 6.45) is 5.23. The van der Waals surface area contributed by atoms with E-state index in [0.29, 0.717) is 27.1 Å². The first-order chi connectivity index (χ1) is 10.5. The number of carbonyl (C=O) groups is 1. The molecule has 0 bridgehead atoms. The van der Waals surface area contributed by atoms with Crippen LogP contribution in [0.15, 0.2) is 48.9 Å². The third kappa shape index (κ3) is 2.86. The number of carbonyl (C=O) groups excluding carboxylic acids is 1. The Morgan fingerprint density at radius 2 is 1.77 bits per heavy atom. The van der Waals surface area contributed by atoms with Gasteiger partial charge in [0.1, 0.15) is 11.4 Å². The van der Waals surface area contributed by atoms with Gasteiger partial charge in [0.05, 0.1) is 6.20 Å². The van der Waals surface area contributed by atoms with Crippen LogP contribution in [0.25, 0.3) is 5.82 Å². The molecule has 0 fully saturated rings. The fourth-order valence-electron chi connectivity index (χ4n) is 2.20. The van der Waals surface area contributed by atoms with Crippen molar-refractivity contribution in [3.63, 3.8) is 0 Å². The van der Waals surface area contributed by atoms with Crippen molar-refractivity contribution in [3.8, 4) is 5.82 Å². The average molecular weight is 335 g/mol. The SMILES string of the molecule is Cn1ncc(C(=O)Nc2cc(Cl)cc(Cl)c2)c1-n1cccc1. The van der Waals surface area contributed by atoms with Gasteiger partial charge in [-0.2, -0.15) is 5.10 Å². The Balaban J connectivity index is 1.93. The topological polar surface area (TPSA) is 51.9 Å². The zero-order chi connectivity index (χ0) is 15.7. The van der Waals surface area contributed by atoms with E-state index in [1.165, 1.54) is 6.20 Å². The molecule has 0 aliphatic rings. The number of halogens is 2. The molecule has 0 aliphatic carbocycles. The number of rotatable bonds is 3. The van der Waals surface area contributed by atoms with E-state index in [1.807, 2.05) is 29.1 Å². The highest BCUT2D eigenvalue weighted by Gasteiger charge is 2.17. The van der Waals surface area contributed by atoms with Crippen molar-refractivity contribution in [2.45, 2.75) is 0 Å². The summed E-state index contributed by atoms with van der Waals surface area (Å²) in [4.78, 5) is 12.5.